The van der Waals surface area contributed by atoms with Crippen LogP contribution in [0.15, 0.2) is 35.2 Å². The number of benzene rings is 1. The molecule has 4 nitrogen and oxygen atoms in total. The van der Waals surface area contributed by atoms with Crippen molar-refractivity contribution in [2.24, 2.45) is 5.92 Å². The predicted molar refractivity (Wildman–Crippen MR) is 69.6 cm³/mol. The lowest BCUT2D eigenvalue weighted by Crippen LogP contribution is -2.33. The topological polar surface area (TPSA) is 66.4 Å². The van der Waals surface area contributed by atoms with Gasteiger partial charge in [0, 0.05) is 18.6 Å². The van der Waals surface area contributed by atoms with Crippen LogP contribution in [-0.2, 0) is 10.0 Å². The molecule has 0 saturated carbocycles. The number of aryl methyl sites for hydroxylation is 1. The summed E-state index contributed by atoms with van der Waals surface area (Å²) in [5.41, 5.74) is 0.678. The highest BCUT2D eigenvalue weighted by molar-refractivity contribution is 7.89. The van der Waals surface area contributed by atoms with Crippen molar-refractivity contribution in [3.05, 3.63) is 41.7 Å². The van der Waals surface area contributed by atoms with E-state index >= 15 is 0 Å². The number of nitrogens with one attached hydrogen (secondary N) is 1. The van der Waals surface area contributed by atoms with Crippen LogP contribution in [0, 0.1) is 18.7 Å². The SMILES string of the molecule is Cc1ccc(F)c(S(=O)(=O)N[C@@H]2C=C[C@H](CO)C2)c1. The van der Waals surface area contributed by atoms with Gasteiger partial charge in [-0.25, -0.2) is 17.5 Å². The maximum Gasteiger partial charge on any atom is 0.244 e. The Kier molecular flexibility index (Phi) is 4.03. The molecule has 1 aromatic rings. The molecule has 1 aliphatic carbocycles. The van der Waals surface area contributed by atoms with Crippen LogP contribution in [0.1, 0.15) is 12.0 Å². The van der Waals surface area contributed by atoms with E-state index in [1.807, 2.05) is 0 Å². The molecule has 1 aromatic carbocycles. The van der Waals surface area contributed by atoms with Crippen molar-refractivity contribution in [3.8, 4) is 0 Å². The van der Waals surface area contributed by atoms with E-state index in [1.54, 1.807) is 19.1 Å². The zero-order chi connectivity index (χ0) is 14.0. The van der Waals surface area contributed by atoms with Gasteiger partial charge in [-0.1, -0.05) is 18.2 Å². The van der Waals surface area contributed by atoms with Gasteiger partial charge in [0.1, 0.15) is 10.7 Å². The van der Waals surface area contributed by atoms with Gasteiger partial charge in [-0.3, -0.25) is 0 Å². The number of aliphatic hydroxyl groups excluding tert-OH is 1. The molecule has 19 heavy (non-hydrogen) atoms. The Morgan fingerprint density at radius 2 is 2.16 bits per heavy atom. The second-order valence-electron chi connectivity index (χ2n) is 4.72. The minimum absolute atomic E-state index is 0.0203. The first kappa shape index (κ1) is 14.2. The fourth-order valence-electron chi connectivity index (χ4n) is 2.08. The van der Waals surface area contributed by atoms with Crippen molar-refractivity contribution in [3.63, 3.8) is 0 Å². The quantitative estimate of drug-likeness (QED) is 0.821. The number of hydrogen-bond acceptors (Lipinski definition) is 3. The van der Waals surface area contributed by atoms with Gasteiger partial charge in [-0.15, -0.1) is 0 Å². The summed E-state index contributed by atoms with van der Waals surface area (Å²) < 4.78 is 40.3. The lowest BCUT2D eigenvalue weighted by molar-refractivity contribution is 0.248. The molecule has 2 rings (SSSR count). The first-order chi connectivity index (χ1) is 8.92. The smallest absolute Gasteiger partial charge is 0.244 e. The van der Waals surface area contributed by atoms with Crippen LogP contribution in [0.2, 0.25) is 0 Å². The predicted octanol–water partition coefficient (Wildman–Crippen LogP) is 1.35. The minimum atomic E-state index is -3.89. The highest BCUT2D eigenvalue weighted by Crippen LogP contribution is 2.21. The van der Waals surface area contributed by atoms with E-state index in [9.17, 15) is 12.8 Å². The summed E-state index contributed by atoms with van der Waals surface area (Å²) in [6.07, 6.45) is 3.94. The third-order valence-corrected chi connectivity index (χ3v) is 4.59. The van der Waals surface area contributed by atoms with E-state index in [1.165, 1.54) is 12.1 Å². The van der Waals surface area contributed by atoms with Gasteiger partial charge in [0.2, 0.25) is 10.0 Å². The molecular weight excluding hydrogens is 269 g/mol. The second kappa shape index (κ2) is 5.40. The van der Waals surface area contributed by atoms with Crippen molar-refractivity contribution >= 4 is 10.0 Å². The zero-order valence-corrected chi connectivity index (χ0v) is 11.3. The van der Waals surface area contributed by atoms with Crippen molar-refractivity contribution in [2.75, 3.05) is 6.61 Å². The van der Waals surface area contributed by atoms with Crippen molar-refractivity contribution in [1.29, 1.82) is 0 Å². The molecule has 0 amide bonds. The van der Waals surface area contributed by atoms with Crippen LogP contribution in [-0.4, -0.2) is 26.2 Å². The third kappa shape index (κ3) is 3.20. The van der Waals surface area contributed by atoms with Gasteiger partial charge >= 0.3 is 0 Å². The Morgan fingerprint density at radius 3 is 2.79 bits per heavy atom. The van der Waals surface area contributed by atoms with E-state index in [0.29, 0.717) is 12.0 Å². The van der Waals surface area contributed by atoms with Gasteiger partial charge in [-0.05, 0) is 31.0 Å². The fourth-order valence-corrected chi connectivity index (χ4v) is 3.44. The summed E-state index contributed by atoms with van der Waals surface area (Å²) in [6, 6.07) is 3.57. The second-order valence-corrected chi connectivity index (χ2v) is 6.41. The number of hydrogen-bond donors (Lipinski definition) is 2. The maximum absolute atomic E-state index is 13.6. The first-order valence-corrected chi connectivity index (χ1v) is 7.48. The molecule has 0 heterocycles. The standard InChI is InChI=1S/C13H16FNO3S/c1-9-2-5-12(14)13(6-9)19(17,18)15-11-4-3-10(7-11)8-16/h2-6,10-11,15-16H,7-8H2,1H3/t10-,11+/m0/s1. The van der Waals surface area contributed by atoms with E-state index in [-0.39, 0.29) is 17.4 Å². The van der Waals surface area contributed by atoms with E-state index in [4.69, 9.17) is 5.11 Å². The summed E-state index contributed by atoms with van der Waals surface area (Å²) in [7, 11) is -3.89. The molecule has 1 aliphatic rings. The monoisotopic (exact) mass is 285 g/mol. The molecule has 2 atom stereocenters. The molecule has 0 spiro atoms. The number of halogens is 1. The van der Waals surface area contributed by atoms with Crippen LogP contribution < -0.4 is 4.72 Å². The lowest BCUT2D eigenvalue weighted by atomic mass is 10.1. The molecule has 0 bridgehead atoms. The molecule has 0 radical (unpaired) electrons. The summed E-state index contributed by atoms with van der Waals surface area (Å²) >= 11 is 0. The Bertz CT molecular complexity index is 598. The highest BCUT2D eigenvalue weighted by atomic mass is 32.2. The third-order valence-electron chi connectivity index (χ3n) is 3.09. The normalized spacial score (nSPS) is 22.9. The molecule has 0 aliphatic heterocycles. The first-order valence-electron chi connectivity index (χ1n) is 6.00. The van der Waals surface area contributed by atoms with Crippen LogP contribution in [0.3, 0.4) is 0 Å². The van der Waals surface area contributed by atoms with Crippen LogP contribution in [0.5, 0.6) is 0 Å². The largest absolute Gasteiger partial charge is 0.396 e. The van der Waals surface area contributed by atoms with E-state index in [0.717, 1.165) is 6.07 Å². The highest BCUT2D eigenvalue weighted by Gasteiger charge is 2.26. The van der Waals surface area contributed by atoms with Crippen molar-refractivity contribution in [2.45, 2.75) is 24.3 Å². The molecule has 6 heteroatoms. The molecular formula is C13H16FNO3S. The average Bonchev–Trinajstić information content (AvgIpc) is 2.79. The Morgan fingerprint density at radius 1 is 1.42 bits per heavy atom. The number of rotatable bonds is 4. The van der Waals surface area contributed by atoms with Crippen molar-refractivity contribution in [1.82, 2.24) is 4.72 Å². The fraction of sp³-hybridized carbons (Fsp3) is 0.385. The van der Waals surface area contributed by atoms with Crippen LogP contribution in [0.25, 0.3) is 0 Å². The van der Waals surface area contributed by atoms with E-state index < -0.39 is 21.9 Å². The molecule has 104 valence electrons. The van der Waals surface area contributed by atoms with Gasteiger partial charge in [0.15, 0.2) is 0 Å². The van der Waals surface area contributed by atoms with Gasteiger partial charge in [0.25, 0.3) is 0 Å². The lowest BCUT2D eigenvalue weighted by Gasteiger charge is -2.14. The summed E-state index contributed by atoms with van der Waals surface area (Å²) in [4.78, 5) is -0.339. The number of sulfonamides is 1. The van der Waals surface area contributed by atoms with Gasteiger partial charge in [-0.2, -0.15) is 0 Å². The molecule has 0 saturated heterocycles. The van der Waals surface area contributed by atoms with Crippen LogP contribution >= 0.6 is 0 Å². The van der Waals surface area contributed by atoms with Gasteiger partial charge < -0.3 is 5.11 Å². The average molecular weight is 285 g/mol. The van der Waals surface area contributed by atoms with Gasteiger partial charge in [0.05, 0.1) is 0 Å². The minimum Gasteiger partial charge on any atom is -0.396 e. The summed E-state index contributed by atoms with van der Waals surface area (Å²) in [6.45, 7) is 1.68. The molecule has 2 N–H and O–H groups in total. The molecule has 0 fully saturated rings. The Hall–Kier alpha value is -1.24. The maximum atomic E-state index is 13.6. The molecule has 0 aromatic heterocycles. The zero-order valence-electron chi connectivity index (χ0n) is 10.5. The Labute approximate surface area is 112 Å². The Balaban J connectivity index is 2.20. The van der Waals surface area contributed by atoms with E-state index in [2.05, 4.69) is 4.72 Å². The molecule has 0 unspecified atom stereocenters. The van der Waals surface area contributed by atoms with Crippen molar-refractivity contribution < 1.29 is 17.9 Å². The summed E-state index contributed by atoms with van der Waals surface area (Å²) in [5, 5.41) is 8.99. The summed E-state index contributed by atoms with van der Waals surface area (Å²) in [5.74, 6) is -0.811. The number of aliphatic hydroxyl groups is 1. The van der Waals surface area contributed by atoms with Crippen LogP contribution in [0.4, 0.5) is 4.39 Å².